The van der Waals surface area contributed by atoms with Crippen LogP contribution in [0.15, 0.2) is 146 Å². The summed E-state index contributed by atoms with van der Waals surface area (Å²) in [6.45, 7) is 4.36. The Bertz CT molecular complexity index is 1840. The van der Waals surface area contributed by atoms with Crippen molar-refractivity contribution < 1.29 is 0 Å². The Morgan fingerprint density at radius 3 is 1.00 bits per heavy atom. The minimum atomic E-state index is 1.12. The summed E-state index contributed by atoms with van der Waals surface area (Å²) in [7, 11) is 0. The van der Waals surface area contributed by atoms with E-state index in [4.69, 9.17) is 0 Å². The zero-order valence-corrected chi connectivity index (χ0v) is 23.9. The molecule has 0 aliphatic carbocycles. The van der Waals surface area contributed by atoms with Gasteiger partial charge in [0.1, 0.15) is 0 Å². The van der Waals surface area contributed by atoms with Gasteiger partial charge < -0.3 is 10.6 Å². The lowest BCUT2D eigenvalue weighted by molar-refractivity contribution is 1.43. The normalized spacial score (nSPS) is 11.1. The maximum absolute atomic E-state index is 3.94. The van der Waals surface area contributed by atoms with Gasteiger partial charge >= 0.3 is 0 Å². The van der Waals surface area contributed by atoms with Crippen molar-refractivity contribution in [3.63, 3.8) is 0 Å². The molecule has 0 fully saturated rings. The van der Waals surface area contributed by atoms with Crippen molar-refractivity contribution in [3.8, 4) is 22.3 Å². The molecule has 0 aliphatic heterocycles. The Morgan fingerprint density at radius 2 is 0.643 bits per heavy atom. The van der Waals surface area contributed by atoms with Gasteiger partial charge in [-0.05, 0) is 36.1 Å². The van der Waals surface area contributed by atoms with E-state index in [1.165, 1.54) is 54.9 Å². The molecule has 0 saturated carbocycles. The van der Waals surface area contributed by atoms with Gasteiger partial charge in [-0.3, -0.25) is 0 Å². The number of para-hydroxylation sites is 2. The second-order valence-corrected chi connectivity index (χ2v) is 10.8. The number of hydrogen-bond acceptors (Lipinski definition) is 2. The van der Waals surface area contributed by atoms with Gasteiger partial charge in [-0.15, -0.1) is 0 Å². The van der Waals surface area contributed by atoms with E-state index in [9.17, 15) is 0 Å². The average Bonchev–Trinajstić information content (AvgIpc) is 3.04. The van der Waals surface area contributed by atoms with Crippen LogP contribution in [0, 0.1) is 13.8 Å². The van der Waals surface area contributed by atoms with Gasteiger partial charge in [0.15, 0.2) is 0 Å². The van der Waals surface area contributed by atoms with Crippen LogP contribution in [0.5, 0.6) is 0 Å². The topological polar surface area (TPSA) is 24.1 Å². The van der Waals surface area contributed by atoms with E-state index in [0.29, 0.717) is 0 Å². The third-order valence-electron chi connectivity index (χ3n) is 8.15. The summed E-state index contributed by atoms with van der Waals surface area (Å²) in [5, 5.41) is 12.6. The van der Waals surface area contributed by atoms with E-state index in [-0.39, 0.29) is 0 Å². The first-order valence-corrected chi connectivity index (χ1v) is 14.5. The highest BCUT2D eigenvalue weighted by molar-refractivity contribution is 6.21. The SMILES string of the molecule is Cc1cccc(-c2ccccc2)c1Nc1c2ccccc2c(Nc2c(C)cccc2-c2ccccc2)c2ccccc12. The minimum absolute atomic E-state index is 1.12. The number of rotatable bonds is 6. The van der Waals surface area contributed by atoms with Crippen molar-refractivity contribution in [3.05, 3.63) is 157 Å². The van der Waals surface area contributed by atoms with Crippen LogP contribution in [0.25, 0.3) is 43.8 Å². The Morgan fingerprint density at radius 1 is 0.310 bits per heavy atom. The monoisotopic (exact) mass is 540 g/mol. The smallest absolute Gasteiger partial charge is 0.0545 e. The molecule has 2 heteroatoms. The largest absolute Gasteiger partial charge is 0.354 e. The fourth-order valence-electron chi connectivity index (χ4n) is 6.03. The van der Waals surface area contributed by atoms with Gasteiger partial charge in [-0.1, -0.05) is 146 Å². The molecule has 2 N–H and O–H groups in total. The number of aryl methyl sites for hydroxylation is 2. The fourth-order valence-corrected chi connectivity index (χ4v) is 6.03. The molecule has 7 rings (SSSR count). The summed E-state index contributed by atoms with van der Waals surface area (Å²) >= 11 is 0. The van der Waals surface area contributed by atoms with Crippen molar-refractivity contribution in [1.29, 1.82) is 0 Å². The molecule has 7 aromatic carbocycles. The van der Waals surface area contributed by atoms with Crippen molar-refractivity contribution >= 4 is 44.3 Å². The lowest BCUT2D eigenvalue weighted by Gasteiger charge is -2.23. The lowest BCUT2D eigenvalue weighted by atomic mass is 9.95. The predicted octanol–water partition coefficient (Wildman–Crippen LogP) is 11.4. The zero-order valence-electron chi connectivity index (χ0n) is 23.9. The summed E-state index contributed by atoms with van der Waals surface area (Å²) < 4.78 is 0. The second-order valence-electron chi connectivity index (χ2n) is 10.8. The first-order chi connectivity index (χ1) is 20.7. The highest BCUT2D eigenvalue weighted by Gasteiger charge is 2.18. The standard InChI is InChI=1S/C40H32N2/c1-27-15-13-25-31(29-17-5-3-6-18-29)37(27)41-39-33-21-9-11-23-35(33)40(36-24-12-10-22-34(36)39)42-38-28(2)16-14-26-32(38)30-19-7-4-8-20-30/h3-26,41-42H,1-2H3. The molecule has 0 aliphatic rings. The molecule has 0 aromatic heterocycles. The third-order valence-corrected chi connectivity index (χ3v) is 8.15. The molecule has 0 spiro atoms. The van der Waals surface area contributed by atoms with E-state index in [2.05, 4.69) is 170 Å². The van der Waals surface area contributed by atoms with Gasteiger partial charge in [0.25, 0.3) is 0 Å². The van der Waals surface area contributed by atoms with Gasteiger partial charge in [-0.25, -0.2) is 0 Å². The Kier molecular flexibility index (Phi) is 6.65. The quantitative estimate of drug-likeness (QED) is 0.162. The second kappa shape index (κ2) is 10.9. The summed E-state index contributed by atoms with van der Waals surface area (Å²) in [4.78, 5) is 0. The van der Waals surface area contributed by atoms with E-state index in [1.807, 2.05) is 0 Å². The molecular formula is C40H32N2. The van der Waals surface area contributed by atoms with Crippen molar-refractivity contribution in [2.45, 2.75) is 13.8 Å². The fraction of sp³-hybridized carbons (Fsp3) is 0.0500. The third kappa shape index (κ3) is 4.57. The van der Waals surface area contributed by atoms with Crippen LogP contribution in [0.3, 0.4) is 0 Å². The predicted molar refractivity (Wildman–Crippen MR) is 181 cm³/mol. The van der Waals surface area contributed by atoms with E-state index in [1.54, 1.807) is 0 Å². The lowest BCUT2D eigenvalue weighted by Crippen LogP contribution is -2.02. The van der Waals surface area contributed by atoms with Crippen LogP contribution < -0.4 is 10.6 Å². The summed E-state index contributed by atoms with van der Waals surface area (Å²) in [5.41, 5.74) is 11.7. The van der Waals surface area contributed by atoms with Crippen LogP contribution in [0.4, 0.5) is 22.7 Å². The molecule has 0 atom stereocenters. The molecule has 0 saturated heterocycles. The van der Waals surface area contributed by atoms with Crippen LogP contribution in [0.1, 0.15) is 11.1 Å². The molecule has 0 unspecified atom stereocenters. The van der Waals surface area contributed by atoms with E-state index < -0.39 is 0 Å². The number of hydrogen-bond donors (Lipinski definition) is 2. The number of anilines is 4. The Hall–Kier alpha value is -5.34. The van der Waals surface area contributed by atoms with Gasteiger partial charge in [0.05, 0.1) is 11.4 Å². The molecule has 7 aromatic rings. The minimum Gasteiger partial charge on any atom is -0.354 e. The Balaban J connectivity index is 1.45. The molecule has 0 amide bonds. The van der Waals surface area contributed by atoms with Crippen molar-refractivity contribution in [2.24, 2.45) is 0 Å². The van der Waals surface area contributed by atoms with Crippen LogP contribution in [-0.2, 0) is 0 Å². The van der Waals surface area contributed by atoms with Crippen LogP contribution in [0.2, 0.25) is 0 Å². The molecule has 0 bridgehead atoms. The first kappa shape index (κ1) is 25.6. The number of benzene rings is 7. The average molecular weight is 541 g/mol. The van der Waals surface area contributed by atoms with Crippen molar-refractivity contribution in [2.75, 3.05) is 10.6 Å². The summed E-state index contributed by atoms with van der Waals surface area (Å²) in [5.74, 6) is 0. The van der Waals surface area contributed by atoms with Gasteiger partial charge in [0, 0.05) is 44.0 Å². The van der Waals surface area contributed by atoms with E-state index >= 15 is 0 Å². The number of fused-ring (bicyclic) bond motifs is 2. The van der Waals surface area contributed by atoms with Gasteiger partial charge in [0.2, 0.25) is 0 Å². The zero-order chi connectivity index (χ0) is 28.5. The van der Waals surface area contributed by atoms with Crippen molar-refractivity contribution in [1.82, 2.24) is 0 Å². The van der Waals surface area contributed by atoms with Crippen LogP contribution in [-0.4, -0.2) is 0 Å². The highest BCUT2D eigenvalue weighted by Crippen LogP contribution is 2.45. The molecule has 42 heavy (non-hydrogen) atoms. The molecule has 0 radical (unpaired) electrons. The van der Waals surface area contributed by atoms with E-state index in [0.717, 1.165) is 22.7 Å². The molecule has 2 nitrogen and oxygen atoms in total. The maximum atomic E-state index is 3.94. The molecular weight excluding hydrogens is 508 g/mol. The maximum Gasteiger partial charge on any atom is 0.0545 e. The van der Waals surface area contributed by atoms with Gasteiger partial charge in [-0.2, -0.15) is 0 Å². The molecule has 202 valence electrons. The molecule has 0 heterocycles. The highest BCUT2D eigenvalue weighted by atomic mass is 14.9. The summed E-state index contributed by atoms with van der Waals surface area (Å²) in [6, 6.07) is 51.7. The van der Waals surface area contributed by atoms with Crippen LogP contribution >= 0.6 is 0 Å². The Labute approximate surface area is 247 Å². The summed E-state index contributed by atoms with van der Waals surface area (Å²) in [6.07, 6.45) is 0. The first-order valence-electron chi connectivity index (χ1n) is 14.5. The number of nitrogens with one attached hydrogen (secondary N) is 2.